The Labute approximate surface area is 124 Å². The fraction of sp³-hybridized carbons (Fsp3) is 0.467. The van der Waals surface area contributed by atoms with E-state index in [1.165, 1.54) is 0 Å². The number of benzene rings is 1. The number of amidine groups is 1. The lowest BCUT2D eigenvalue weighted by Gasteiger charge is -2.23. The maximum Gasteiger partial charge on any atom is 0.235 e. The molecule has 1 fully saturated rings. The van der Waals surface area contributed by atoms with Gasteiger partial charge in [-0.25, -0.2) is 0 Å². The van der Waals surface area contributed by atoms with Gasteiger partial charge >= 0.3 is 0 Å². The van der Waals surface area contributed by atoms with Crippen molar-refractivity contribution in [3.8, 4) is 0 Å². The van der Waals surface area contributed by atoms with Crippen LogP contribution in [0.1, 0.15) is 24.3 Å². The zero-order chi connectivity index (χ0) is 15.1. The lowest BCUT2D eigenvalue weighted by atomic mass is 9.96. The molecule has 1 unspecified atom stereocenters. The molecule has 1 heterocycles. The lowest BCUT2D eigenvalue weighted by molar-refractivity contribution is -0.121. The Hall–Kier alpha value is -2.08. The van der Waals surface area contributed by atoms with E-state index in [1.807, 2.05) is 18.2 Å². The van der Waals surface area contributed by atoms with Crippen LogP contribution in [0, 0.1) is 5.92 Å². The molecule has 4 N–H and O–H groups in total. The van der Waals surface area contributed by atoms with Crippen LogP contribution < -0.4 is 11.1 Å². The van der Waals surface area contributed by atoms with E-state index in [2.05, 4.69) is 10.5 Å². The summed E-state index contributed by atoms with van der Waals surface area (Å²) in [6.07, 6.45) is 1.89. The summed E-state index contributed by atoms with van der Waals surface area (Å²) >= 11 is 0. The molecule has 1 amide bonds. The third-order valence-corrected chi connectivity index (χ3v) is 3.71. The molecule has 114 valence electrons. The van der Waals surface area contributed by atoms with Gasteiger partial charge in [0.05, 0.1) is 0 Å². The van der Waals surface area contributed by atoms with Gasteiger partial charge in [-0.1, -0.05) is 35.5 Å². The smallest absolute Gasteiger partial charge is 0.235 e. The highest BCUT2D eigenvalue weighted by molar-refractivity contribution is 6.07. The fourth-order valence-electron chi connectivity index (χ4n) is 2.46. The Balaban J connectivity index is 2.01. The van der Waals surface area contributed by atoms with Crippen molar-refractivity contribution in [3.63, 3.8) is 0 Å². The topological polar surface area (TPSA) is 96.9 Å². The van der Waals surface area contributed by atoms with E-state index in [0.717, 1.165) is 26.1 Å². The number of nitrogens with one attached hydrogen (secondary N) is 1. The summed E-state index contributed by atoms with van der Waals surface area (Å²) < 4.78 is 5.29. The number of oxime groups is 1. The molecule has 1 atom stereocenters. The number of rotatable bonds is 5. The maximum absolute atomic E-state index is 12.4. The summed E-state index contributed by atoms with van der Waals surface area (Å²) in [5.41, 5.74) is 6.38. The third kappa shape index (κ3) is 4.19. The highest BCUT2D eigenvalue weighted by atomic mass is 16.5. The number of hydrogen-bond donors (Lipinski definition) is 3. The number of nitrogens with zero attached hydrogens (tertiary/aromatic N) is 1. The average molecular weight is 291 g/mol. The molecule has 1 aliphatic rings. The first-order chi connectivity index (χ1) is 10.2. The zero-order valence-corrected chi connectivity index (χ0v) is 11.9. The first kappa shape index (κ1) is 15.3. The van der Waals surface area contributed by atoms with E-state index in [0.29, 0.717) is 18.0 Å². The van der Waals surface area contributed by atoms with Crippen molar-refractivity contribution in [2.24, 2.45) is 16.8 Å². The average Bonchev–Trinajstić information content (AvgIpc) is 2.55. The first-order valence-corrected chi connectivity index (χ1v) is 7.10. The second-order valence-electron chi connectivity index (χ2n) is 5.17. The predicted octanol–water partition coefficient (Wildman–Crippen LogP) is 1.06. The molecule has 1 saturated heterocycles. The van der Waals surface area contributed by atoms with E-state index in [-0.39, 0.29) is 11.7 Å². The molecule has 0 bridgehead atoms. The molecule has 0 saturated carbocycles. The van der Waals surface area contributed by atoms with Gasteiger partial charge in [0.15, 0.2) is 5.84 Å². The summed E-state index contributed by atoms with van der Waals surface area (Å²) in [7, 11) is 0. The molecule has 21 heavy (non-hydrogen) atoms. The SMILES string of the molecule is NC(=NO)C(C(=O)NCC1CCOCC1)c1ccccc1. The van der Waals surface area contributed by atoms with Crippen molar-refractivity contribution >= 4 is 11.7 Å². The van der Waals surface area contributed by atoms with E-state index in [9.17, 15) is 4.79 Å². The van der Waals surface area contributed by atoms with E-state index < -0.39 is 5.92 Å². The first-order valence-electron chi connectivity index (χ1n) is 7.10. The number of carbonyl (C=O) groups is 1. The summed E-state index contributed by atoms with van der Waals surface area (Å²) in [5, 5.41) is 14.8. The van der Waals surface area contributed by atoms with E-state index in [4.69, 9.17) is 15.7 Å². The minimum atomic E-state index is -0.768. The third-order valence-electron chi connectivity index (χ3n) is 3.71. The van der Waals surface area contributed by atoms with Gasteiger partial charge in [-0.05, 0) is 24.3 Å². The van der Waals surface area contributed by atoms with Crippen LogP contribution in [0.5, 0.6) is 0 Å². The van der Waals surface area contributed by atoms with Crippen molar-refractivity contribution in [1.82, 2.24) is 5.32 Å². The molecule has 0 radical (unpaired) electrons. The van der Waals surface area contributed by atoms with E-state index >= 15 is 0 Å². The van der Waals surface area contributed by atoms with Crippen LogP contribution in [0.2, 0.25) is 0 Å². The van der Waals surface area contributed by atoms with Crippen LogP contribution in [0.15, 0.2) is 35.5 Å². The Bertz CT molecular complexity index is 484. The van der Waals surface area contributed by atoms with Crippen LogP contribution in [-0.4, -0.2) is 36.7 Å². The van der Waals surface area contributed by atoms with Gasteiger partial charge in [-0.3, -0.25) is 4.79 Å². The molecule has 1 aliphatic heterocycles. The highest BCUT2D eigenvalue weighted by Gasteiger charge is 2.26. The normalized spacial score (nSPS) is 18.2. The van der Waals surface area contributed by atoms with Gasteiger partial charge in [0, 0.05) is 19.8 Å². The number of ether oxygens (including phenoxy) is 1. The standard InChI is InChI=1S/C15H21N3O3/c16-14(18-20)13(12-4-2-1-3-5-12)15(19)17-10-11-6-8-21-9-7-11/h1-5,11,13,20H,6-10H2,(H2,16,18)(H,17,19). The Kier molecular flexibility index (Phi) is 5.57. The Morgan fingerprint density at radius 3 is 2.67 bits per heavy atom. The monoisotopic (exact) mass is 291 g/mol. The van der Waals surface area contributed by atoms with Crippen LogP contribution in [0.4, 0.5) is 0 Å². The molecule has 0 spiro atoms. The van der Waals surface area contributed by atoms with Crippen LogP contribution in [0.3, 0.4) is 0 Å². The van der Waals surface area contributed by atoms with Crippen molar-refractivity contribution in [2.45, 2.75) is 18.8 Å². The lowest BCUT2D eigenvalue weighted by Crippen LogP contribution is -2.40. The quantitative estimate of drug-likeness (QED) is 0.327. The minimum absolute atomic E-state index is 0.106. The molecule has 0 aliphatic carbocycles. The Morgan fingerprint density at radius 2 is 2.05 bits per heavy atom. The molecule has 0 aromatic heterocycles. The number of carbonyl (C=O) groups excluding carboxylic acids is 1. The van der Waals surface area contributed by atoms with Crippen molar-refractivity contribution < 1.29 is 14.7 Å². The molecule has 6 nitrogen and oxygen atoms in total. The van der Waals surface area contributed by atoms with Crippen molar-refractivity contribution in [2.75, 3.05) is 19.8 Å². The molecular weight excluding hydrogens is 270 g/mol. The summed E-state index contributed by atoms with van der Waals surface area (Å²) in [6.45, 7) is 2.07. The van der Waals surface area contributed by atoms with Crippen LogP contribution in [0.25, 0.3) is 0 Å². The second-order valence-corrected chi connectivity index (χ2v) is 5.17. The van der Waals surface area contributed by atoms with Crippen LogP contribution in [-0.2, 0) is 9.53 Å². The Morgan fingerprint density at radius 1 is 1.38 bits per heavy atom. The highest BCUT2D eigenvalue weighted by Crippen LogP contribution is 2.17. The molecule has 1 aromatic carbocycles. The molecule has 2 rings (SSSR count). The van der Waals surface area contributed by atoms with Gasteiger partial charge in [-0.15, -0.1) is 0 Å². The molecular formula is C15H21N3O3. The van der Waals surface area contributed by atoms with Gasteiger partial charge in [0.25, 0.3) is 0 Å². The van der Waals surface area contributed by atoms with E-state index in [1.54, 1.807) is 12.1 Å². The minimum Gasteiger partial charge on any atom is -0.409 e. The van der Waals surface area contributed by atoms with Gasteiger partial charge in [-0.2, -0.15) is 0 Å². The maximum atomic E-state index is 12.4. The predicted molar refractivity (Wildman–Crippen MR) is 79.1 cm³/mol. The number of hydrogen-bond acceptors (Lipinski definition) is 4. The van der Waals surface area contributed by atoms with Gasteiger partial charge in [0.1, 0.15) is 5.92 Å². The molecule has 1 aromatic rings. The summed E-state index contributed by atoms with van der Waals surface area (Å²) in [4.78, 5) is 12.4. The van der Waals surface area contributed by atoms with Crippen molar-refractivity contribution in [3.05, 3.63) is 35.9 Å². The number of amides is 1. The largest absolute Gasteiger partial charge is 0.409 e. The van der Waals surface area contributed by atoms with Gasteiger partial charge in [0.2, 0.25) is 5.91 Å². The van der Waals surface area contributed by atoms with Gasteiger partial charge < -0.3 is 21.0 Å². The van der Waals surface area contributed by atoms with Crippen LogP contribution >= 0.6 is 0 Å². The number of nitrogens with two attached hydrogens (primary N) is 1. The zero-order valence-electron chi connectivity index (χ0n) is 11.9. The van der Waals surface area contributed by atoms with Crippen molar-refractivity contribution in [1.29, 1.82) is 0 Å². The fourth-order valence-corrected chi connectivity index (χ4v) is 2.46. The summed E-state index contributed by atoms with van der Waals surface area (Å²) in [5.74, 6) is -0.698. The molecule has 6 heteroatoms. The second kappa shape index (κ2) is 7.64. The summed E-state index contributed by atoms with van der Waals surface area (Å²) in [6, 6.07) is 9.07.